The van der Waals surface area contributed by atoms with Crippen molar-refractivity contribution in [2.45, 2.75) is 26.7 Å². The smallest absolute Gasteiger partial charge is 0.324 e. The molecule has 0 amide bonds. The van der Waals surface area contributed by atoms with E-state index in [4.69, 9.17) is 16.3 Å². The summed E-state index contributed by atoms with van der Waals surface area (Å²) in [5, 5.41) is 9.63. The maximum atomic E-state index is 12.3. The second kappa shape index (κ2) is 6.79. The van der Waals surface area contributed by atoms with Crippen molar-refractivity contribution in [1.82, 2.24) is 0 Å². The number of carbonyl (C=O) groups excluding carboxylic acids is 1. The summed E-state index contributed by atoms with van der Waals surface area (Å²) in [6.45, 7) is 3.19. The second-order valence-electron chi connectivity index (χ2n) is 5.23. The minimum Gasteiger partial charge on any atom is -0.480 e. The molecule has 1 saturated heterocycles. The van der Waals surface area contributed by atoms with E-state index in [1.807, 2.05) is 0 Å². The summed E-state index contributed by atoms with van der Waals surface area (Å²) in [5.74, 6) is -3.53. The third kappa shape index (κ3) is 3.77. The van der Waals surface area contributed by atoms with E-state index in [9.17, 15) is 23.1 Å². The van der Waals surface area contributed by atoms with Crippen LogP contribution >= 0.6 is 11.6 Å². The van der Waals surface area contributed by atoms with Crippen molar-refractivity contribution in [3.63, 3.8) is 0 Å². The molecule has 0 aromatic carbocycles. The Morgan fingerprint density at radius 3 is 2.48 bits per heavy atom. The molecule has 21 heavy (non-hydrogen) atoms. The Morgan fingerprint density at radius 2 is 2.10 bits per heavy atom. The first kappa shape index (κ1) is 18.0. The number of sulfone groups is 1. The van der Waals surface area contributed by atoms with Crippen LogP contribution in [0.4, 0.5) is 0 Å². The highest BCUT2D eigenvalue weighted by molar-refractivity contribution is 7.91. The molecule has 1 rings (SSSR count). The number of ether oxygens (including phenoxy) is 1. The molecule has 0 saturated carbocycles. The number of hydrogen-bond acceptors (Lipinski definition) is 5. The lowest BCUT2D eigenvalue weighted by atomic mass is 9.71. The molecule has 1 heterocycles. The molecule has 1 N–H and O–H groups in total. The summed E-state index contributed by atoms with van der Waals surface area (Å²) in [6, 6.07) is 0. The van der Waals surface area contributed by atoms with Gasteiger partial charge in [-0.3, -0.25) is 9.59 Å². The van der Waals surface area contributed by atoms with Gasteiger partial charge >= 0.3 is 11.9 Å². The fourth-order valence-electron chi connectivity index (χ4n) is 2.64. The molecule has 0 aromatic heterocycles. The van der Waals surface area contributed by atoms with E-state index < -0.39 is 33.1 Å². The number of carbonyl (C=O) groups is 2. The molecular formula is C13H19ClO6S. The quantitative estimate of drug-likeness (QED) is 0.583. The number of allylic oxidation sites excluding steroid dienone is 1. The molecule has 8 heteroatoms. The lowest BCUT2D eigenvalue weighted by Crippen LogP contribution is -2.47. The number of esters is 1. The molecule has 1 aliphatic heterocycles. The van der Waals surface area contributed by atoms with Gasteiger partial charge in [0.1, 0.15) is 0 Å². The van der Waals surface area contributed by atoms with Crippen LogP contribution in [0.2, 0.25) is 0 Å². The van der Waals surface area contributed by atoms with Crippen molar-refractivity contribution in [3.05, 3.63) is 11.1 Å². The Labute approximate surface area is 129 Å². The van der Waals surface area contributed by atoms with Crippen molar-refractivity contribution in [2.24, 2.45) is 11.3 Å². The highest BCUT2D eigenvalue weighted by Crippen LogP contribution is 2.42. The van der Waals surface area contributed by atoms with Crippen molar-refractivity contribution >= 4 is 33.4 Å². The van der Waals surface area contributed by atoms with Crippen LogP contribution in [-0.4, -0.2) is 43.6 Å². The molecule has 1 aliphatic rings. The van der Waals surface area contributed by atoms with Crippen molar-refractivity contribution in [1.29, 1.82) is 0 Å². The first-order chi connectivity index (χ1) is 9.69. The van der Waals surface area contributed by atoms with Gasteiger partial charge in [0, 0.05) is 11.5 Å². The minimum absolute atomic E-state index is 0.0248. The molecule has 0 aromatic rings. The zero-order valence-corrected chi connectivity index (χ0v) is 13.5. The third-order valence-corrected chi connectivity index (χ3v) is 5.84. The molecule has 0 radical (unpaired) electrons. The van der Waals surface area contributed by atoms with Crippen LogP contribution in [0.15, 0.2) is 11.1 Å². The number of aliphatic carboxylic acids is 1. The average molecular weight is 339 g/mol. The van der Waals surface area contributed by atoms with Gasteiger partial charge in [-0.15, -0.1) is 0 Å². The maximum Gasteiger partial charge on any atom is 0.324 e. The van der Waals surface area contributed by atoms with E-state index in [2.05, 4.69) is 0 Å². The topological polar surface area (TPSA) is 97.7 Å². The Hall–Kier alpha value is -1.08. The van der Waals surface area contributed by atoms with Crippen molar-refractivity contribution in [2.75, 3.05) is 18.1 Å². The van der Waals surface area contributed by atoms with Gasteiger partial charge in [-0.1, -0.05) is 17.2 Å². The fourth-order valence-corrected chi connectivity index (χ4v) is 4.59. The third-order valence-electron chi connectivity index (χ3n) is 3.69. The first-order valence-corrected chi connectivity index (χ1v) is 8.82. The van der Waals surface area contributed by atoms with E-state index in [-0.39, 0.29) is 31.0 Å². The predicted octanol–water partition coefficient (Wildman–Crippen LogP) is 1.59. The first-order valence-electron chi connectivity index (χ1n) is 6.56. The molecule has 0 bridgehead atoms. The van der Waals surface area contributed by atoms with Gasteiger partial charge in [-0.05, 0) is 26.7 Å². The van der Waals surface area contributed by atoms with Crippen molar-refractivity contribution in [3.8, 4) is 0 Å². The fraction of sp³-hybridized carbons (Fsp3) is 0.692. The van der Waals surface area contributed by atoms with Gasteiger partial charge in [-0.2, -0.15) is 0 Å². The highest BCUT2D eigenvalue weighted by atomic mass is 35.5. The lowest BCUT2D eigenvalue weighted by molar-refractivity contribution is -0.172. The molecular weight excluding hydrogens is 320 g/mol. The highest BCUT2D eigenvalue weighted by Gasteiger charge is 2.56. The molecule has 2 unspecified atom stereocenters. The number of carboxylic acids is 1. The molecule has 2 atom stereocenters. The summed E-state index contributed by atoms with van der Waals surface area (Å²) in [5.41, 5.74) is -0.230. The summed E-state index contributed by atoms with van der Waals surface area (Å²) < 4.78 is 28.2. The largest absolute Gasteiger partial charge is 0.480 e. The number of hydrogen-bond donors (Lipinski definition) is 1. The van der Waals surface area contributed by atoms with Crippen LogP contribution in [0.25, 0.3) is 0 Å². The molecule has 0 aliphatic carbocycles. The Kier molecular flexibility index (Phi) is 5.81. The zero-order chi connectivity index (χ0) is 16.3. The maximum absolute atomic E-state index is 12.3. The number of carboxylic acid groups (broad SMARTS) is 1. The van der Waals surface area contributed by atoms with Crippen LogP contribution < -0.4 is 0 Å². The van der Waals surface area contributed by atoms with Gasteiger partial charge in [0.05, 0.1) is 18.1 Å². The Bertz CT molecular complexity index is 553. The van der Waals surface area contributed by atoms with Crippen LogP contribution in [0.3, 0.4) is 0 Å². The zero-order valence-electron chi connectivity index (χ0n) is 12.0. The lowest BCUT2D eigenvalue weighted by Gasteiger charge is -2.32. The van der Waals surface area contributed by atoms with Crippen LogP contribution in [0.5, 0.6) is 0 Å². The normalized spacial score (nSPS) is 24.3. The monoisotopic (exact) mass is 338 g/mol. The van der Waals surface area contributed by atoms with Crippen LogP contribution in [0, 0.1) is 11.3 Å². The molecule has 0 spiro atoms. The van der Waals surface area contributed by atoms with E-state index in [0.29, 0.717) is 5.57 Å². The molecule has 1 fully saturated rings. The van der Waals surface area contributed by atoms with E-state index in [1.54, 1.807) is 13.8 Å². The Balaban J connectivity index is 3.30. The van der Waals surface area contributed by atoms with Crippen molar-refractivity contribution < 1.29 is 27.9 Å². The average Bonchev–Trinajstić information content (AvgIpc) is 2.75. The van der Waals surface area contributed by atoms with Crippen LogP contribution in [-0.2, 0) is 24.2 Å². The summed E-state index contributed by atoms with van der Waals surface area (Å²) in [6.07, 6.45) is -0.0339. The molecule has 120 valence electrons. The number of rotatable bonds is 6. The minimum atomic E-state index is -3.33. The Morgan fingerprint density at radius 1 is 1.48 bits per heavy atom. The predicted molar refractivity (Wildman–Crippen MR) is 77.7 cm³/mol. The van der Waals surface area contributed by atoms with Gasteiger partial charge in [-0.25, -0.2) is 8.42 Å². The summed E-state index contributed by atoms with van der Waals surface area (Å²) >= 11 is 5.58. The van der Waals surface area contributed by atoms with E-state index >= 15 is 0 Å². The SMILES string of the molecule is CCOC(=O)C(CC(C)=CCl)(C(=O)O)C1CCS(=O)(=O)C1. The van der Waals surface area contributed by atoms with Gasteiger partial charge in [0.2, 0.25) is 0 Å². The second-order valence-corrected chi connectivity index (χ2v) is 7.68. The van der Waals surface area contributed by atoms with Crippen LogP contribution in [0.1, 0.15) is 26.7 Å². The van der Waals surface area contributed by atoms with Gasteiger partial charge in [0.15, 0.2) is 15.3 Å². The molecule has 6 nitrogen and oxygen atoms in total. The van der Waals surface area contributed by atoms with Gasteiger partial charge < -0.3 is 9.84 Å². The standard InChI is InChI=1S/C13H19ClO6S/c1-3-20-12(17)13(11(15)16,6-9(2)7-14)10-4-5-21(18,19)8-10/h7,10H,3-6,8H2,1-2H3,(H,15,16). The van der Waals surface area contributed by atoms with Gasteiger partial charge in [0.25, 0.3) is 0 Å². The summed E-state index contributed by atoms with van der Waals surface area (Å²) in [4.78, 5) is 24.1. The van der Waals surface area contributed by atoms with E-state index in [1.165, 1.54) is 5.54 Å². The van der Waals surface area contributed by atoms with E-state index in [0.717, 1.165) is 0 Å². The number of halogens is 1. The summed E-state index contributed by atoms with van der Waals surface area (Å²) in [7, 11) is -3.33.